The molecule has 0 saturated heterocycles. The lowest BCUT2D eigenvalue weighted by atomic mass is 9.93. The van der Waals surface area contributed by atoms with Crippen LogP contribution in [0.5, 0.6) is 5.75 Å². The van der Waals surface area contributed by atoms with E-state index in [2.05, 4.69) is 30.3 Å². The molecule has 4 rings (SSSR count). The van der Waals surface area contributed by atoms with Gasteiger partial charge in [0.2, 0.25) is 5.91 Å². The average Bonchev–Trinajstić information content (AvgIpc) is 3.52. The Morgan fingerprint density at radius 2 is 1.73 bits per heavy atom. The number of hydroxylamine groups is 1. The SMILES string of the molecule is COC(=O)[C@@]1(Cc2ccc(OCc3ccc4ccccc4c3)cc2)C[C@@H]1C(=O)NO. The maximum atomic E-state index is 12.2. The largest absolute Gasteiger partial charge is 0.489 e. The normalized spacial score (nSPS) is 19.9. The van der Waals surface area contributed by atoms with Gasteiger partial charge in [-0.15, -0.1) is 0 Å². The molecule has 1 fully saturated rings. The molecular weight excluding hydrogens is 382 g/mol. The topological polar surface area (TPSA) is 84.9 Å². The fraction of sp³-hybridized carbons (Fsp3) is 0.250. The Morgan fingerprint density at radius 3 is 2.43 bits per heavy atom. The Hall–Kier alpha value is -3.38. The van der Waals surface area contributed by atoms with Gasteiger partial charge in [-0.05, 0) is 52.9 Å². The zero-order valence-corrected chi connectivity index (χ0v) is 16.6. The van der Waals surface area contributed by atoms with Crippen LogP contribution in [0.3, 0.4) is 0 Å². The molecule has 1 aliphatic carbocycles. The molecule has 3 aromatic rings. The Kier molecular flexibility index (Phi) is 5.42. The molecule has 3 aromatic carbocycles. The highest BCUT2D eigenvalue weighted by atomic mass is 16.5. The summed E-state index contributed by atoms with van der Waals surface area (Å²) in [6.45, 7) is 0.453. The van der Waals surface area contributed by atoms with Crippen molar-refractivity contribution in [1.29, 1.82) is 0 Å². The summed E-state index contributed by atoms with van der Waals surface area (Å²) in [5.41, 5.74) is 2.69. The fourth-order valence-electron chi connectivity index (χ4n) is 3.99. The number of hydrogen-bond donors (Lipinski definition) is 2. The zero-order valence-electron chi connectivity index (χ0n) is 16.6. The molecule has 1 amide bonds. The number of fused-ring (bicyclic) bond motifs is 1. The average molecular weight is 405 g/mol. The van der Waals surface area contributed by atoms with Gasteiger partial charge in [-0.2, -0.15) is 0 Å². The summed E-state index contributed by atoms with van der Waals surface area (Å²) in [6.07, 6.45) is 0.717. The molecule has 0 aromatic heterocycles. The van der Waals surface area contributed by atoms with Gasteiger partial charge in [-0.3, -0.25) is 14.8 Å². The molecule has 1 saturated carbocycles. The van der Waals surface area contributed by atoms with Crippen molar-refractivity contribution in [2.75, 3.05) is 7.11 Å². The van der Waals surface area contributed by atoms with E-state index in [1.165, 1.54) is 17.9 Å². The van der Waals surface area contributed by atoms with E-state index >= 15 is 0 Å². The second-order valence-corrected chi connectivity index (χ2v) is 7.67. The first kappa shape index (κ1) is 19.9. The molecule has 2 atom stereocenters. The molecule has 0 bridgehead atoms. The number of ether oxygens (including phenoxy) is 2. The second kappa shape index (κ2) is 8.16. The third-order valence-corrected chi connectivity index (χ3v) is 5.76. The van der Waals surface area contributed by atoms with Crippen LogP contribution in [-0.2, 0) is 27.4 Å². The minimum atomic E-state index is -0.922. The van der Waals surface area contributed by atoms with Gasteiger partial charge in [-0.25, -0.2) is 5.48 Å². The third kappa shape index (κ3) is 3.86. The molecule has 1 aliphatic rings. The number of amides is 1. The van der Waals surface area contributed by atoms with Crippen molar-refractivity contribution in [3.63, 3.8) is 0 Å². The van der Waals surface area contributed by atoms with E-state index in [-0.39, 0.29) is 0 Å². The highest BCUT2D eigenvalue weighted by molar-refractivity contribution is 5.93. The van der Waals surface area contributed by atoms with Crippen LogP contribution in [-0.4, -0.2) is 24.2 Å². The lowest BCUT2D eigenvalue weighted by Gasteiger charge is -2.15. The zero-order chi connectivity index (χ0) is 21.1. The van der Waals surface area contributed by atoms with Crippen molar-refractivity contribution >= 4 is 22.6 Å². The van der Waals surface area contributed by atoms with Crippen molar-refractivity contribution in [2.24, 2.45) is 11.3 Å². The van der Waals surface area contributed by atoms with Gasteiger partial charge in [-0.1, -0.05) is 48.5 Å². The number of esters is 1. The lowest BCUT2D eigenvalue weighted by Crippen LogP contribution is -2.30. The molecule has 6 nitrogen and oxygen atoms in total. The van der Waals surface area contributed by atoms with Crippen molar-refractivity contribution < 1.29 is 24.3 Å². The Labute approximate surface area is 174 Å². The molecule has 0 spiro atoms. The van der Waals surface area contributed by atoms with Gasteiger partial charge in [0.15, 0.2) is 0 Å². The predicted molar refractivity (Wildman–Crippen MR) is 111 cm³/mol. The number of methoxy groups -OCH3 is 1. The number of rotatable bonds is 7. The number of carbonyl (C=O) groups is 2. The smallest absolute Gasteiger partial charge is 0.312 e. The van der Waals surface area contributed by atoms with E-state index in [9.17, 15) is 9.59 Å². The fourth-order valence-corrected chi connectivity index (χ4v) is 3.99. The van der Waals surface area contributed by atoms with Crippen molar-refractivity contribution in [2.45, 2.75) is 19.4 Å². The summed E-state index contributed by atoms with van der Waals surface area (Å²) in [7, 11) is 1.31. The number of nitrogens with one attached hydrogen (secondary N) is 1. The van der Waals surface area contributed by atoms with Gasteiger partial charge in [0.05, 0.1) is 18.4 Å². The Bertz CT molecular complexity index is 1080. The summed E-state index contributed by atoms with van der Waals surface area (Å²) in [6, 6.07) is 21.9. The van der Waals surface area contributed by atoms with Crippen molar-refractivity contribution in [3.8, 4) is 5.75 Å². The standard InChI is InChI=1S/C24H23NO5/c1-29-23(27)24(14-21(24)22(26)25-28)13-16-7-10-20(11-8-16)30-15-17-6-9-18-4-2-3-5-19(18)12-17/h2-12,21,28H,13-15H2,1H3,(H,25,26)/t21-,24+/m1/s1. The Balaban J connectivity index is 1.41. The molecule has 0 heterocycles. The van der Waals surface area contributed by atoms with Gasteiger partial charge in [0.25, 0.3) is 0 Å². The van der Waals surface area contributed by atoms with Crippen molar-refractivity contribution in [1.82, 2.24) is 5.48 Å². The molecule has 30 heavy (non-hydrogen) atoms. The molecule has 154 valence electrons. The van der Waals surface area contributed by atoms with Gasteiger partial charge in [0.1, 0.15) is 12.4 Å². The molecule has 0 radical (unpaired) electrons. The summed E-state index contributed by atoms with van der Waals surface area (Å²) in [5.74, 6) is -0.860. The molecule has 2 N–H and O–H groups in total. The highest BCUT2D eigenvalue weighted by Crippen LogP contribution is 2.55. The van der Waals surface area contributed by atoms with Crippen LogP contribution in [0.2, 0.25) is 0 Å². The minimum absolute atomic E-state index is 0.353. The number of benzene rings is 3. The molecular formula is C24H23NO5. The first-order valence-electron chi connectivity index (χ1n) is 9.77. The third-order valence-electron chi connectivity index (χ3n) is 5.76. The Morgan fingerprint density at radius 1 is 1.03 bits per heavy atom. The molecule has 0 aliphatic heterocycles. The van der Waals surface area contributed by atoms with Gasteiger partial charge < -0.3 is 9.47 Å². The van der Waals surface area contributed by atoms with E-state index in [0.29, 0.717) is 19.4 Å². The van der Waals surface area contributed by atoms with E-state index in [1.54, 1.807) is 5.48 Å². The van der Waals surface area contributed by atoms with Crippen LogP contribution in [0.1, 0.15) is 17.5 Å². The number of hydrogen-bond acceptors (Lipinski definition) is 5. The summed E-state index contributed by atoms with van der Waals surface area (Å²) in [5, 5.41) is 11.2. The van der Waals surface area contributed by atoms with E-state index < -0.39 is 23.2 Å². The minimum Gasteiger partial charge on any atom is -0.489 e. The van der Waals surface area contributed by atoms with Crippen LogP contribution in [0.4, 0.5) is 0 Å². The summed E-state index contributed by atoms with van der Waals surface area (Å²) in [4.78, 5) is 24.0. The lowest BCUT2D eigenvalue weighted by molar-refractivity contribution is -0.149. The van der Waals surface area contributed by atoms with Gasteiger partial charge >= 0.3 is 5.97 Å². The van der Waals surface area contributed by atoms with Crippen LogP contribution in [0, 0.1) is 11.3 Å². The predicted octanol–water partition coefficient (Wildman–Crippen LogP) is 3.65. The molecule has 0 unspecified atom stereocenters. The van der Waals surface area contributed by atoms with Crippen molar-refractivity contribution in [3.05, 3.63) is 77.9 Å². The summed E-state index contributed by atoms with van der Waals surface area (Å²) < 4.78 is 10.8. The second-order valence-electron chi connectivity index (χ2n) is 7.67. The van der Waals surface area contributed by atoms with E-state index in [0.717, 1.165) is 16.9 Å². The molecule has 6 heteroatoms. The number of carbonyl (C=O) groups excluding carboxylic acids is 2. The maximum Gasteiger partial charge on any atom is 0.312 e. The van der Waals surface area contributed by atoms with Crippen LogP contribution in [0.25, 0.3) is 10.8 Å². The van der Waals surface area contributed by atoms with E-state index in [1.807, 2.05) is 36.4 Å². The van der Waals surface area contributed by atoms with Crippen LogP contribution in [0.15, 0.2) is 66.7 Å². The maximum absolute atomic E-state index is 12.2. The van der Waals surface area contributed by atoms with E-state index in [4.69, 9.17) is 14.7 Å². The monoisotopic (exact) mass is 405 g/mol. The first-order valence-corrected chi connectivity index (χ1v) is 9.77. The quantitative estimate of drug-likeness (QED) is 0.356. The summed E-state index contributed by atoms with van der Waals surface area (Å²) >= 11 is 0. The van der Waals surface area contributed by atoms with Gasteiger partial charge in [0, 0.05) is 0 Å². The highest BCUT2D eigenvalue weighted by Gasteiger charge is 2.64. The first-order chi connectivity index (χ1) is 14.6. The van der Waals surface area contributed by atoms with Crippen LogP contribution >= 0.6 is 0 Å². The van der Waals surface area contributed by atoms with Crippen LogP contribution < -0.4 is 10.2 Å².